The first-order valence-electron chi connectivity index (χ1n) is 11.4. The number of carboxylic acids is 1. The van der Waals surface area contributed by atoms with Crippen molar-refractivity contribution < 1.29 is 14.6 Å². The number of pyridine rings is 1. The van der Waals surface area contributed by atoms with Crippen LogP contribution < -0.4 is 10.3 Å². The second-order valence-corrected chi connectivity index (χ2v) is 8.78. The number of hydrogen-bond acceptors (Lipinski definition) is 3. The molecule has 6 heteroatoms. The third-order valence-corrected chi connectivity index (χ3v) is 6.11. The van der Waals surface area contributed by atoms with Gasteiger partial charge in [-0.15, -0.1) is 0 Å². The van der Waals surface area contributed by atoms with E-state index in [0.717, 1.165) is 27.8 Å². The molecule has 0 bridgehead atoms. The van der Waals surface area contributed by atoms with Gasteiger partial charge in [0.15, 0.2) is 6.61 Å². The molecule has 0 amide bonds. The van der Waals surface area contributed by atoms with Gasteiger partial charge in [-0.25, -0.2) is 4.79 Å². The van der Waals surface area contributed by atoms with Gasteiger partial charge in [0, 0.05) is 18.3 Å². The predicted molar refractivity (Wildman–Crippen MR) is 139 cm³/mol. The monoisotopic (exact) mass is 487 g/mol. The lowest BCUT2D eigenvalue weighted by atomic mass is 9.93. The van der Waals surface area contributed by atoms with Crippen molar-refractivity contribution in [1.82, 2.24) is 4.57 Å². The van der Waals surface area contributed by atoms with Crippen LogP contribution in [-0.4, -0.2) is 22.2 Å². The summed E-state index contributed by atoms with van der Waals surface area (Å²) in [7, 11) is 0. The minimum absolute atomic E-state index is 0.186. The fraction of sp³-hybridized carbons (Fsp3) is 0.172. The van der Waals surface area contributed by atoms with E-state index < -0.39 is 5.97 Å². The van der Waals surface area contributed by atoms with Crippen LogP contribution in [0.15, 0.2) is 89.9 Å². The SMILES string of the molecule is Cc1ccccc1-c1ccccc1-c1cc(Cl)c(=O)n(CCCc2cccc(OCC(=O)O)c2)c1. The molecule has 0 spiro atoms. The zero-order valence-electron chi connectivity index (χ0n) is 19.4. The van der Waals surface area contributed by atoms with Crippen LogP contribution in [0.3, 0.4) is 0 Å². The van der Waals surface area contributed by atoms with Gasteiger partial charge in [-0.3, -0.25) is 4.79 Å². The van der Waals surface area contributed by atoms with Crippen molar-refractivity contribution in [2.75, 3.05) is 6.61 Å². The number of benzene rings is 3. The summed E-state index contributed by atoms with van der Waals surface area (Å²) in [4.78, 5) is 23.5. The molecule has 0 aliphatic carbocycles. The Morgan fingerprint density at radius 1 is 0.943 bits per heavy atom. The number of ether oxygens (including phenoxy) is 1. The first kappa shape index (κ1) is 24.3. The molecule has 0 aliphatic rings. The first-order chi connectivity index (χ1) is 16.9. The summed E-state index contributed by atoms with van der Waals surface area (Å²) in [6.07, 6.45) is 3.29. The molecule has 0 aliphatic heterocycles. The molecule has 35 heavy (non-hydrogen) atoms. The van der Waals surface area contributed by atoms with Crippen LogP contribution in [0, 0.1) is 6.92 Å². The Bertz CT molecular complexity index is 1410. The number of nitrogens with zero attached hydrogens (tertiary/aromatic N) is 1. The minimum atomic E-state index is -1.02. The van der Waals surface area contributed by atoms with Crippen molar-refractivity contribution in [3.8, 4) is 28.0 Å². The maximum Gasteiger partial charge on any atom is 0.341 e. The molecule has 0 radical (unpaired) electrons. The summed E-state index contributed by atoms with van der Waals surface area (Å²) < 4.78 is 6.92. The zero-order chi connectivity index (χ0) is 24.8. The molecule has 178 valence electrons. The number of aromatic nitrogens is 1. The fourth-order valence-corrected chi connectivity index (χ4v) is 4.37. The summed E-state index contributed by atoms with van der Waals surface area (Å²) in [6, 6.07) is 25.4. The third-order valence-electron chi connectivity index (χ3n) is 5.84. The lowest BCUT2D eigenvalue weighted by molar-refractivity contribution is -0.139. The van der Waals surface area contributed by atoms with Crippen LogP contribution in [0.25, 0.3) is 22.3 Å². The Labute approximate surface area is 209 Å². The lowest BCUT2D eigenvalue weighted by Crippen LogP contribution is -2.20. The van der Waals surface area contributed by atoms with Crippen LogP contribution in [0.4, 0.5) is 0 Å². The summed E-state index contributed by atoms with van der Waals surface area (Å²) in [5.41, 5.74) is 6.09. The molecular formula is C29H26ClNO4. The van der Waals surface area contributed by atoms with Crippen molar-refractivity contribution in [2.45, 2.75) is 26.3 Å². The Hall–Kier alpha value is -3.83. The van der Waals surface area contributed by atoms with Crippen LogP contribution >= 0.6 is 11.6 Å². The molecule has 0 fully saturated rings. The standard InChI is InChI=1S/C29H26ClNO4/c1-20-8-2-3-12-24(20)26-14-5-4-13-25(26)22-17-27(30)29(34)31(18-22)15-7-10-21-9-6-11-23(16-21)35-19-28(32)33/h2-6,8-9,11-14,16-18H,7,10,15,19H2,1H3,(H,32,33). The molecule has 0 saturated carbocycles. The topological polar surface area (TPSA) is 68.5 Å². The van der Waals surface area contributed by atoms with Gasteiger partial charge in [-0.1, -0.05) is 72.3 Å². The van der Waals surface area contributed by atoms with E-state index in [1.165, 1.54) is 5.56 Å². The highest BCUT2D eigenvalue weighted by molar-refractivity contribution is 6.30. The number of carboxylic acid groups (broad SMARTS) is 1. The largest absolute Gasteiger partial charge is 0.482 e. The van der Waals surface area contributed by atoms with Crippen molar-refractivity contribution in [3.05, 3.63) is 112 Å². The second kappa shape index (κ2) is 11.1. The van der Waals surface area contributed by atoms with Crippen molar-refractivity contribution in [3.63, 3.8) is 0 Å². The van der Waals surface area contributed by atoms with Crippen molar-refractivity contribution in [1.29, 1.82) is 0 Å². The van der Waals surface area contributed by atoms with E-state index in [9.17, 15) is 9.59 Å². The Morgan fingerprint density at radius 2 is 1.66 bits per heavy atom. The number of carbonyl (C=O) groups is 1. The number of hydrogen-bond donors (Lipinski definition) is 1. The summed E-state index contributed by atoms with van der Waals surface area (Å²) in [6.45, 7) is 2.20. The van der Waals surface area contributed by atoms with Crippen molar-refractivity contribution in [2.24, 2.45) is 0 Å². The Balaban J connectivity index is 1.56. The molecule has 1 N–H and O–H groups in total. The number of aliphatic carboxylic acids is 1. The van der Waals surface area contributed by atoms with E-state index in [2.05, 4.69) is 25.1 Å². The molecule has 0 unspecified atom stereocenters. The molecule has 1 heterocycles. The van der Waals surface area contributed by atoms with Gasteiger partial charge in [0.25, 0.3) is 5.56 Å². The van der Waals surface area contributed by atoms with E-state index in [1.54, 1.807) is 16.7 Å². The van der Waals surface area contributed by atoms with Crippen LogP contribution in [0.1, 0.15) is 17.5 Å². The maximum absolute atomic E-state index is 12.8. The zero-order valence-corrected chi connectivity index (χ0v) is 20.2. The number of aryl methyl sites for hydroxylation is 3. The van der Waals surface area contributed by atoms with Crippen LogP contribution in [0.2, 0.25) is 5.02 Å². The minimum Gasteiger partial charge on any atom is -0.482 e. The Kier molecular flexibility index (Phi) is 7.68. The fourth-order valence-electron chi connectivity index (χ4n) is 4.15. The molecule has 4 rings (SSSR count). The smallest absolute Gasteiger partial charge is 0.341 e. The molecule has 1 aromatic heterocycles. The molecular weight excluding hydrogens is 462 g/mol. The number of halogens is 1. The van der Waals surface area contributed by atoms with E-state index in [-0.39, 0.29) is 17.2 Å². The summed E-state index contributed by atoms with van der Waals surface area (Å²) >= 11 is 6.38. The maximum atomic E-state index is 12.8. The van der Waals surface area contributed by atoms with Gasteiger partial charge in [-0.05, 0) is 65.8 Å². The van der Waals surface area contributed by atoms with E-state index >= 15 is 0 Å². The highest BCUT2D eigenvalue weighted by Gasteiger charge is 2.12. The third kappa shape index (κ3) is 6.00. The van der Waals surface area contributed by atoms with Gasteiger partial charge in [0.2, 0.25) is 0 Å². The van der Waals surface area contributed by atoms with Gasteiger partial charge >= 0.3 is 5.97 Å². The number of rotatable bonds is 9. The van der Waals surface area contributed by atoms with Gasteiger partial charge in [-0.2, -0.15) is 0 Å². The normalized spacial score (nSPS) is 10.8. The van der Waals surface area contributed by atoms with Crippen LogP contribution in [0.5, 0.6) is 5.75 Å². The Morgan fingerprint density at radius 3 is 2.40 bits per heavy atom. The highest BCUT2D eigenvalue weighted by atomic mass is 35.5. The summed E-state index contributed by atoms with van der Waals surface area (Å²) in [5, 5.41) is 8.98. The molecule has 0 atom stereocenters. The molecule has 3 aromatic carbocycles. The molecule has 4 aromatic rings. The van der Waals surface area contributed by atoms with Gasteiger partial charge in [0.1, 0.15) is 10.8 Å². The first-order valence-corrected chi connectivity index (χ1v) is 11.8. The summed E-state index contributed by atoms with van der Waals surface area (Å²) in [5.74, 6) is -0.504. The van der Waals surface area contributed by atoms with Crippen LogP contribution in [-0.2, 0) is 17.8 Å². The lowest BCUT2D eigenvalue weighted by Gasteiger charge is -2.15. The van der Waals surface area contributed by atoms with Gasteiger partial charge in [0.05, 0.1) is 0 Å². The second-order valence-electron chi connectivity index (χ2n) is 8.37. The van der Waals surface area contributed by atoms with E-state index in [4.69, 9.17) is 21.4 Å². The average molecular weight is 488 g/mol. The quantitative estimate of drug-likeness (QED) is 0.303. The van der Waals surface area contributed by atoms with Crippen molar-refractivity contribution >= 4 is 17.6 Å². The molecule has 5 nitrogen and oxygen atoms in total. The van der Waals surface area contributed by atoms with E-state index in [1.807, 2.05) is 54.7 Å². The molecule has 0 saturated heterocycles. The predicted octanol–water partition coefficient (Wildman–Crippen LogP) is 6.24. The average Bonchev–Trinajstić information content (AvgIpc) is 2.86. The highest BCUT2D eigenvalue weighted by Crippen LogP contribution is 2.34. The van der Waals surface area contributed by atoms with E-state index in [0.29, 0.717) is 25.1 Å². The van der Waals surface area contributed by atoms with Gasteiger partial charge < -0.3 is 14.4 Å².